The van der Waals surface area contributed by atoms with Gasteiger partial charge in [0, 0.05) is 22.6 Å². The Kier molecular flexibility index (Phi) is 6.06. The van der Waals surface area contributed by atoms with Gasteiger partial charge in [-0.3, -0.25) is 14.4 Å². The zero-order valence-electron chi connectivity index (χ0n) is 16.8. The van der Waals surface area contributed by atoms with Crippen LogP contribution in [0, 0.1) is 0 Å². The minimum atomic E-state index is -3.77. The minimum absolute atomic E-state index is 0.0616. The molecule has 0 saturated carbocycles. The average molecular weight is 513 g/mol. The molecule has 0 aliphatic rings. The van der Waals surface area contributed by atoms with E-state index in [2.05, 4.69) is 31.4 Å². The van der Waals surface area contributed by atoms with Crippen molar-refractivity contribution in [1.82, 2.24) is 10.2 Å². The molecule has 4 rings (SSSR count). The molecule has 0 aliphatic carbocycles. The van der Waals surface area contributed by atoms with Crippen molar-refractivity contribution in [2.24, 2.45) is 0 Å². The first-order valence-corrected chi connectivity index (χ1v) is 11.6. The second-order valence-electron chi connectivity index (χ2n) is 6.71. The molecule has 0 spiro atoms. The van der Waals surface area contributed by atoms with Gasteiger partial charge in [-0.1, -0.05) is 39.2 Å². The van der Waals surface area contributed by atoms with E-state index in [-0.39, 0.29) is 22.4 Å². The number of carbonyl (C=O) groups excluding carboxylic acids is 1. The van der Waals surface area contributed by atoms with Gasteiger partial charge < -0.3 is 4.42 Å². The predicted octanol–water partition coefficient (Wildman–Crippen LogP) is 4.58. The number of para-hydroxylation sites is 1. The van der Waals surface area contributed by atoms with E-state index >= 15 is 0 Å². The molecular formula is C22H17BrN4O4S. The highest BCUT2D eigenvalue weighted by Crippen LogP contribution is 2.24. The zero-order chi connectivity index (χ0) is 22.7. The van der Waals surface area contributed by atoms with E-state index in [9.17, 15) is 13.2 Å². The molecule has 0 atom stereocenters. The molecule has 0 fully saturated rings. The topological polar surface area (TPSA) is 105 Å². The Bertz CT molecular complexity index is 1340. The standard InChI is InChI=1S/C22H17BrN4O4S/c1-27(18-5-3-2-4-6-18)32(29,30)19-13-9-15(10-14-19)20(28)24-22-26-25-21(31-22)16-7-11-17(23)12-8-16/h2-14H,1H3,(H,24,26,28). The summed E-state index contributed by atoms with van der Waals surface area (Å²) < 4.78 is 33.3. The van der Waals surface area contributed by atoms with Crippen LogP contribution in [0.25, 0.3) is 11.5 Å². The van der Waals surface area contributed by atoms with E-state index in [0.29, 0.717) is 11.3 Å². The quantitative estimate of drug-likeness (QED) is 0.405. The van der Waals surface area contributed by atoms with E-state index in [1.807, 2.05) is 18.2 Å². The molecule has 32 heavy (non-hydrogen) atoms. The highest BCUT2D eigenvalue weighted by molar-refractivity contribution is 9.10. The fraction of sp³-hybridized carbons (Fsp3) is 0.0455. The molecule has 0 saturated heterocycles. The number of aromatic nitrogens is 2. The van der Waals surface area contributed by atoms with E-state index in [1.54, 1.807) is 36.4 Å². The highest BCUT2D eigenvalue weighted by Gasteiger charge is 2.22. The molecule has 1 amide bonds. The summed E-state index contributed by atoms with van der Waals surface area (Å²) in [5.41, 5.74) is 1.49. The van der Waals surface area contributed by atoms with E-state index in [0.717, 1.165) is 4.47 Å². The molecule has 0 unspecified atom stereocenters. The number of hydrogen-bond donors (Lipinski definition) is 1. The second-order valence-corrected chi connectivity index (χ2v) is 9.59. The Labute approximate surface area is 193 Å². The molecule has 1 aromatic heterocycles. The molecular weight excluding hydrogens is 496 g/mol. The first-order valence-electron chi connectivity index (χ1n) is 9.39. The number of nitrogens with zero attached hydrogens (tertiary/aromatic N) is 3. The average Bonchev–Trinajstić information content (AvgIpc) is 3.28. The fourth-order valence-corrected chi connectivity index (χ4v) is 4.33. The number of sulfonamides is 1. The number of amides is 1. The molecule has 8 nitrogen and oxygen atoms in total. The SMILES string of the molecule is CN(c1ccccc1)S(=O)(=O)c1ccc(C(=O)Nc2nnc(-c3ccc(Br)cc3)o2)cc1. The van der Waals surface area contributed by atoms with Gasteiger partial charge in [-0.2, -0.15) is 0 Å². The number of halogens is 1. The van der Waals surface area contributed by atoms with Crippen molar-refractivity contribution in [2.75, 3.05) is 16.7 Å². The zero-order valence-corrected chi connectivity index (χ0v) is 19.2. The summed E-state index contributed by atoms with van der Waals surface area (Å²) in [7, 11) is -2.29. The summed E-state index contributed by atoms with van der Waals surface area (Å²) in [6.45, 7) is 0. The first-order chi connectivity index (χ1) is 15.3. The van der Waals surface area contributed by atoms with Gasteiger partial charge in [0.15, 0.2) is 0 Å². The van der Waals surface area contributed by atoms with Crippen molar-refractivity contribution < 1.29 is 17.6 Å². The van der Waals surface area contributed by atoms with E-state index in [4.69, 9.17) is 4.42 Å². The normalized spacial score (nSPS) is 11.2. The van der Waals surface area contributed by atoms with Crippen LogP contribution in [0.5, 0.6) is 0 Å². The van der Waals surface area contributed by atoms with Gasteiger partial charge in [-0.15, -0.1) is 5.10 Å². The number of nitrogens with one attached hydrogen (secondary N) is 1. The molecule has 4 aromatic rings. The molecule has 0 aliphatic heterocycles. The van der Waals surface area contributed by atoms with Gasteiger partial charge in [0.2, 0.25) is 5.89 Å². The van der Waals surface area contributed by atoms with Crippen LogP contribution in [0.4, 0.5) is 11.7 Å². The Morgan fingerprint density at radius 3 is 2.25 bits per heavy atom. The fourth-order valence-electron chi connectivity index (χ4n) is 2.87. The molecule has 0 bridgehead atoms. The molecule has 162 valence electrons. The Morgan fingerprint density at radius 2 is 1.59 bits per heavy atom. The van der Waals surface area contributed by atoms with Crippen molar-refractivity contribution in [3.8, 4) is 11.5 Å². The second kappa shape index (κ2) is 8.93. The third-order valence-corrected chi connectivity index (χ3v) is 6.96. The third-order valence-electron chi connectivity index (χ3n) is 4.63. The van der Waals surface area contributed by atoms with Crippen LogP contribution in [-0.4, -0.2) is 31.6 Å². The number of benzene rings is 3. The molecule has 0 radical (unpaired) electrons. The molecule has 3 aromatic carbocycles. The largest absolute Gasteiger partial charge is 0.403 e. The molecule has 1 heterocycles. The summed E-state index contributed by atoms with van der Waals surface area (Å²) in [5.74, 6) is -0.241. The number of carbonyl (C=O) groups is 1. The Balaban J connectivity index is 1.47. The van der Waals surface area contributed by atoms with Crippen molar-refractivity contribution in [3.63, 3.8) is 0 Å². The van der Waals surface area contributed by atoms with Crippen LogP contribution >= 0.6 is 15.9 Å². The lowest BCUT2D eigenvalue weighted by atomic mass is 10.2. The van der Waals surface area contributed by atoms with Gasteiger partial charge in [-0.05, 0) is 60.7 Å². The maximum atomic E-state index is 12.9. The smallest absolute Gasteiger partial charge is 0.322 e. The first kappa shape index (κ1) is 21.7. The summed E-state index contributed by atoms with van der Waals surface area (Å²) in [6.07, 6.45) is 0. The van der Waals surface area contributed by atoms with Gasteiger partial charge in [0.25, 0.3) is 15.9 Å². The van der Waals surface area contributed by atoms with Gasteiger partial charge in [0.1, 0.15) is 0 Å². The number of hydrogen-bond acceptors (Lipinski definition) is 6. The van der Waals surface area contributed by atoms with Gasteiger partial charge in [-0.25, -0.2) is 8.42 Å². The van der Waals surface area contributed by atoms with Crippen molar-refractivity contribution in [3.05, 3.63) is 88.9 Å². The van der Waals surface area contributed by atoms with Crippen LogP contribution in [-0.2, 0) is 10.0 Å². The van der Waals surface area contributed by atoms with Crippen molar-refractivity contribution in [1.29, 1.82) is 0 Å². The Morgan fingerprint density at radius 1 is 0.938 bits per heavy atom. The molecule has 1 N–H and O–H groups in total. The van der Waals surface area contributed by atoms with Crippen molar-refractivity contribution >= 4 is 43.6 Å². The van der Waals surface area contributed by atoms with E-state index in [1.165, 1.54) is 35.6 Å². The molecule has 10 heteroatoms. The maximum Gasteiger partial charge on any atom is 0.322 e. The summed E-state index contributed by atoms with van der Waals surface area (Å²) in [5, 5.41) is 10.3. The monoisotopic (exact) mass is 512 g/mol. The third kappa shape index (κ3) is 4.56. The summed E-state index contributed by atoms with van der Waals surface area (Å²) >= 11 is 3.35. The lowest BCUT2D eigenvalue weighted by Crippen LogP contribution is -2.26. The lowest BCUT2D eigenvalue weighted by Gasteiger charge is -2.19. The number of rotatable bonds is 6. The van der Waals surface area contributed by atoms with Crippen molar-refractivity contribution in [2.45, 2.75) is 4.90 Å². The van der Waals surface area contributed by atoms with Crippen LogP contribution in [0.3, 0.4) is 0 Å². The summed E-state index contributed by atoms with van der Waals surface area (Å²) in [6, 6.07) is 21.5. The number of anilines is 2. The van der Waals surface area contributed by atoms with Gasteiger partial charge >= 0.3 is 6.01 Å². The summed E-state index contributed by atoms with van der Waals surface area (Å²) in [4.78, 5) is 12.6. The highest BCUT2D eigenvalue weighted by atomic mass is 79.9. The van der Waals surface area contributed by atoms with Crippen LogP contribution in [0.15, 0.2) is 92.6 Å². The van der Waals surface area contributed by atoms with E-state index < -0.39 is 15.9 Å². The van der Waals surface area contributed by atoms with Crippen LogP contribution in [0.1, 0.15) is 10.4 Å². The minimum Gasteiger partial charge on any atom is -0.403 e. The van der Waals surface area contributed by atoms with Crippen LogP contribution < -0.4 is 9.62 Å². The maximum absolute atomic E-state index is 12.9. The van der Waals surface area contributed by atoms with Gasteiger partial charge in [0.05, 0.1) is 10.6 Å². The lowest BCUT2D eigenvalue weighted by molar-refractivity contribution is 0.102. The Hall–Kier alpha value is -3.50. The van der Waals surface area contributed by atoms with Crippen LogP contribution in [0.2, 0.25) is 0 Å². The predicted molar refractivity (Wildman–Crippen MR) is 124 cm³/mol.